The predicted molar refractivity (Wildman–Crippen MR) is 61.3 cm³/mol. The Labute approximate surface area is 94.4 Å². The first-order valence-electron chi connectivity index (χ1n) is 4.88. The van der Waals surface area contributed by atoms with Crippen LogP contribution in [-0.2, 0) is 0 Å². The fourth-order valence-electron chi connectivity index (χ4n) is 1.47. The van der Waals surface area contributed by atoms with E-state index in [1.54, 1.807) is 13.0 Å². The number of hydrogen-bond donors (Lipinski definition) is 2. The Morgan fingerprint density at radius 1 is 1.40 bits per heavy atom. The summed E-state index contributed by atoms with van der Waals surface area (Å²) in [6.07, 6.45) is 0.586. The Bertz CT molecular complexity index is 353. The lowest BCUT2D eigenvalue weighted by Crippen LogP contribution is -2.23. The van der Waals surface area contributed by atoms with E-state index >= 15 is 0 Å². The third kappa shape index (κ3) is 3.16. The largest absolute Gasteiger partial charge is 0.328 e. The summed E-state index contributed by atoms with van der Waals surface area (Å²) in [7, 11) is 0. The SMILES string of the molecule is Cc1cc(Cl)c(C(N)CC(C)N)cc1F. The first-order valence-corrected chi connectivity index (χ1v) is 5.26. The predicted octanol–water partition coefficient (Wildman–Crippen LogP) is 2.52. The Hall–Kier alpha value is -0.640. The molecule has 15 heavy (non-hydrogen) atoms. The zero-order valence-corrected chi connectivity index (χ0v) is 9.68. The van der Waals surface area contributed by atoms with Crippen molar-refractivity contribution in [1.29, 1.82) is 0 Å². The molecule has 2 atom stereocenters. The molecule has 0 heterocycles. The summed E-state index contributed by atoms with van der Waals surface area (Å²) in [5.41, 5.74) is 12.7. The summed E-state index contributed by atoms with van der Waals surface area (Å²) in [5, 5.41) is 0.502. The maximum Gasteiger partial charge on any atom is 0.126 e. The lowest BCUT2D eigenvalue weighted by Gasteiger charge is -2.16. The molecule has 0 aliphatic heterocycles. The van der Waals surface area contributed by atoms with Gasteiger partial charge in [0.15, 0.2) is 0 Å². The summed E-state index contributed by atoms with van der Waals surface area (Å²) in [4.78, 5) is 0. The van der Waals surface area contributed by atoms with Crippen molar-refractivity contribution < 1.29 is 4.39 Å². The van der Waals surface area contributed by atoms with Crippen LogP contribution in [0, 0.1) is 12.7 Å². The molecule has 0 spiro atoms. The van der Waals surface area contributed by atoms with Crippen LogP contribution < -0.4 is 11.5 Å². The van der Waals surface area contributed by atoms with Gasteiger partial charge in [-0.2, -0.15) is 0 Å². The van der Waals surface area contributed by atoms with Gasteiger partial charge in [0.1, 0.15) is 5.82 Å². The van der Waals surface area contributed by atoms with Gasteiger partial charge in [-0.3, -0.25) is 0 Å². The van der Waals surface area contributed by atoms with Gasteiger partial charge in [0.2, 0.25) is 0 Å². The highest BCUT2D eigenvalue weighted by molar-refractivity contribution is 6.31. The quantitative estimate of drug-likeness (QED) is 0.839. The fourth-order valence-corrected chi connectivity index (χ4v) is 1.83. The number of hydrogen-bond acceptors (Lipinski definition) is 2. The van der Waals surface area contributed by atoms with Gasteiger partial charge < -0.3 is 11.5 Å². The number of benzene rings is 1. The molecule has 1 aromatic carbocycles. The van der Waals surface area contributed by atoms with E-state index in [2.05, 4.69) is 0 Å². The number of halogens is 2. The van der Waals surface area contributed by atoms with E-state index in [1.807, 2.05) is 6.92 Å². The Morgan fingerprint density at radius 3 is 2.53 bits per heavy atom. The van der Waals surface area contributed by atoms with Gasteiger partial charge in [-0.15, -0.1) is 0 Å². The molecule has 0 amide bonds. The lowest BCUT2D eigenvalue weighted by atomic mass is 10.00. The van der Waals surface area contributed by atoms with E-state index in [1.165, 1.54) is 6.07 Å². The molecule has 0 aliphatic carbocycles. The molecule has 1 aromatic rings. The number of nitrogens with two attached hydrogens (primary N) is 2. The highest BCUT2D eigenvalue weighted by Crippen LogP contribution is 2.26. The third-order valence-corrected chi connectivity index (χ3v) is 2.63. The summed E-state index contributed by atoms with van der Waals surface area (Å²) in [6.45, 7) is 3.53. The van der Waals surface area contributed by atoms with Crippen LogP contribution in [0.15, 0.2) is 12.1 Å². The average molecular weight is 231 g/mol. The second-order valence-corrected chi connectivity index (χ2v) is 4.35. The van der Waals surface area contributed by atoms with Crippen molar-refractivity contribution >= 4 is 11.6 Å². The second kappa shape index (κ2) is 4.92. The molecule has 0 saturated heterocycles. The van der Waals surface area contributed by atoms with Crippen LogP contribution >= 0.6 is 11.6 Å². The van der Waals surface area contributed by atoms with Crippen molar-refractivity contribution in [3.05, 3.63) is 34.1 Å². The second-order valence-electron chi connectivity index (χ2n) is 3.94. The standard InChI is InChI=1S/C11H16ClFN2/c1-6-3-9(12)8(5-10(6)13)11(15)4-7(2)14/h3,5,7,11H,4,14-15H2,1-2H3. The summed E-state index contributed by atoms with van der Waals surface area (Å²) >= 11 is 5.99. The molecule has 2 unspecified atom stereocenters. The Balaban J connectivity index is 2.98. The molecule has 1 rings (SSSR count). The van der Waals surface area contributed by atoms with Crippen LogP contribution in [-0.4, -0.2) is 6.04 Å². The zero-order chi connectivity index (χ0) is 11.6. The van der Waals surface area contributed by atoms with Crippen molar-refractivity contribution in [2.24, 2.45) is 11.5 Å². The fraction of sp³-hybridized carbons (Fsp3) is 0.455. The summed E-state index contributed by atoms with van der Waals surface area (Å²) < 4.78 is 13.3. The van der Waals surface area contributed by atoms with E-state index in [0.717, 1.165) is 0 Å². The zero-order valence-electron chi connectivity index (χ0n) is 8.93. The van der Waals surface area contributed by atoms with Gasteiger partial charge in [-0.1, -0.05) is 11.6 Å². The molecule has 0 bridgehead atoms. The summed E-state index contributed by atoms with van der Waals surface area (Å²) in [5.74, 6) is -0.283. The van der Waals surface area contributed by atoms with E-state index < -0.39 is 0 Å². The minimum Gasteiger partial charge on any atom is -0.328 e. The van der Waals surface area contributed by atoms with E-state index in [4.69, 9.17) is 23.1 Å². The van der Waals surface area contributed by atoms with Crippen molar-refractivity contribution in [2.75, 3.05) is 0 Å². The normalized spacial score (nSPS) is 15.1. The average Bonchev–Trinajstić information content (AvgIpc) is 2.09. The van der Waals surface area contributed by atoms with Crippen molar-refractivity contribution in [1.82, 2.24) is 0 Å². The maximum atomic E-state index is 13.3. The smallest absolute Gasteiger partial charge is 0.126 e. The van der Waals surface area contributed by atoms with Crippen molar-refractivity contribution in [3.63, 3.8) is 0 Å². The Kier molecular flexibility index (Phi) is 4.08. The molecular weight excluding hydrogens is 215 g/mol. The van der Waals surface area contributed by atoms with Crippen molar-refractivity contribution in [3.8, 4) is 0 Å². The van der Waals surface area contributed by atoms with Crippen LogP contribution in [0.4, 0.5) is 4.39 Å². The monoisotopic (exact) mass is 230 g/mol. The van der Waals surface area contributed by atoms with E-state index in [0.29, 0.717) is 22.6 Å². The number of rotatable bonds is 3. The third-order valence-electron chi connectivity index (χ3n) is 2.30. The van der Waals surface area contributed by atoms with Crippen molar-refractivity contribution in [2.45, 2.75) is 32.4 Å². The topological polar surface area (TPSA) is 52.0 Å². The molecule has 0 fully saturated rings. The van der Waals surface area contributed by atoms with Crippen LogP contribution in [0.25, 0.3) is 0 Å². The van der Waals surface area contributed by atoms with Crippen LogP contribution in [0.2, 0.25) is 5.02 Å². The van der Waals surface area contributed by atoms with Gasteiger partial charge in [0.25, 0.3) is 0 Å². The van der Waals surface area contributed by atoms with Gasteiger partial charge in [-0.25, -0.2) is 4.39 Å². The maximum absolute atomic E-state index is 13.3. The highest BCUT2D eigenvalue weighted by Gasteiger charge is 2.14. The molecular formula is C11H16ClFN2. The molecule has 0 aromatic heterocycles. The molecule has 0 radical (unpaired) electrons. The molecule has 4 N–H and O–H groups in total. The Morgan fingerprint density at radius 2 is 2.00 bits per heavy atom. The summed E-state index contributed by atoms with van der Waals surface area (Å²) in [6, 6.07) is 2.64. The molecule has 4 heteroatoms. The minimum atomic E-state index is -0.312. The first kappa shape index (κ1) is 12.4. The van der Waals surface area contributed by atoms with Gasteiger partial charge in [0, 0.05) is 17.1 Å². The number of aryl methyl sites for hydroxylation is 1. The van der Waals surface area contributed by atoms with E-state index in [9.17, 15) is 4.39 Å². The van der Waals surface area contributed by atoms with Crippen LogP contribution in [0.5, 0.6) is 0 Å². The van der Waals surface area contributed by atoms with E-state index in [-0.39, 0.29) is 17.9 Å². The molecule has 0 aliphatic rings. The first-order chi connectivity index (χ1) is 6.91. The minimum absolute atomic E-state index is 0.0274. The highest BCUT2D eigenvalue weighted by atomic mass is 35.5. The molecule has 2 nitrogen and oxygen atoms in total. The van der Waals surface area contributed by atoms with Gasteiger partial charge in [0.05, 0.1) is 0 Å². The van der Waals surface area contributed by atoms with Crippen LogP contribution in [0.3, 0.4) is 0 Å². The van der Waals surface area contributed by atoms with Gasteiger partial charge in [-0.05, 0) is 43.5 Å². The molecule has 0 saturated carbocycles. The lowest BCUT2D eigenvalue weighted by molar-refractivity contribution is 0.559. The molecule has 84 valence electrons. The van der Waals surface area contributed by atoms with Gasteiger partial charge >= 0.3 is 0 Å². The van der Waals surface area contributed by atoms with Crippen LogP contribution in [0.1, 0.15) is 30.5 Å².